The Morgan fingerprint density at radius 1 is 1.47 bits per heavy atom. The van der Waals surface area contributed by atoms with E-state index in [9.17, 15) is 13.2 Å². The summed E-state index contributed by atoms with van der Waals surface area (Å²) in [6.45, 7) is 2.07. The molecule has 1 aromatic rings. The van der Waals surface area contributed by atoms with Crippen molar-refractivity contribution in [1.29, 1.82) is 0 Å². The van der Waals surface area contributed by atoms with Crippen LogP contribution in [0.4, 0.5) is 18.3 Å². The summed E-state index contributed by atoms with van der Waals surface area (Å²) in [4.78, 5) is 5.39. The second kappa shape index (κ2) is 4.77. The highest BCUT2D eigenvalue weighted by atomic mass is 32.1. The average molecular weight is 266 g/mol. The first-order valence-corrected chi connectivity index (χ1v) is 6.14. The van der Waals surface area contributed by atoms with E-state index in [0.717, 1.165) is 37.5 Å². The van der Waals surface area contributed by atoms with Crippen molar-refractivity contribution in [2.75, 3.05) is 24.5 Å². The molecule has 4 nitrogen and oxygen atoms in total. The molecule has 0 amide bonds. The Bertz CT molecular complexity index is 379. The minimum atomic E-state index is -4.45. The van der Waals surface area contributed by atoms with Gasteiger partial charge >= 0.3 is 6.18 Å². The molecule has 1 unspecified atom stereocenters. The van der Waals surface area contributed by atoms with Crippen molar-refractivity contribution in [2.45, 2.75) is 19.0 Å². The predicted molar refractivity (Wildman–Crippen MR) is 58.9 cm³/mol. The molecule has 1 fully saturated rings. The van der Waals surface area contributed by atoms with E-state index in [1.807, 2.05) is 4.90 Å². The minimum absolute atomic E-state index is 0.358. The first-order valence-electron chi connectivity index (χ1n) is 5.36. The molecule has 96 valence electrons. The van der Waals surface area contributed by atoms with Crippen molar-refractivity contribution in [1.82, 2.24) is 9.36 Å². The SMILES string of the molecule is NCCC1CCN(c2nc(C(F)(F)F)ns2)C1. The summed E-state index contributed by atoms with van der Waals surface area (Å²) < 4.78 is 40.3. The zero-order chi connectivity index (χ0) is 12.5. The smallest absolute Gasteiger partial charge is 0.347 e. The topological polar surface area (TPSA) is 55.0 Å². The molecule has 0 saturated carbocycles. The van der Waals surface area contributed by atoms with Crippen LogP contribution in [0.3, 0.4) is 0 Å². The van der Waals surface area contributed by atoms with Crippen LogP contribution in [0.15, 0.2) is 0 Å². The van der Waals surface area contributed by atoms with Gasteiger partial charge < -0.3 is 10.6 Å². The van der Waals surface area contributed by atoms with Gasteiger partial charge in [0.05, 0.1) is 0 Å². The molecule has 0 aliphatic carbocycles. The monoisotopic (exact) mass is 266 g/mol. The summed E-state index contributed by atoms with van der Waals surface area (Å²) in [6.07, 6.45) is -2.59. The Hall–Kier alpha value is -0.890. The number of halogens is 3. The molecular weight excluding hydrogens is 253 g/mol. The van der Waals surface area contributed by atoms with Crippen molar-refractivity contribution < 1.29 is 13.2 Å². The van der Waals surface area contributed by atoms with Gasteiger partial charge in [-0.25, -0.2) is 0 Å². The highest BCUT2D eigenvalue weighted by Crippen LogP contribution is 2.32. The van der Waals surface area contributed by atoms with E-state index >= 15 is 0 Å². The molecular formula is C9H13F3N4S. The maximum Gasteiger partial charge on any atom is 0.452 e. The lowest BCUT2D eigenvalue weighted by atomic mass is 10.1. The summed E-state index contributed by atoms with van der Waals surface area (Å²) in [5.41, 5.74) is 5.46. The zero-order valence-corrected chi connectivity index (χ0v) is 9.89. The number of nitrogens with zero attached hydrogens (tertiary/aromatic N) is 3. The lowest BCUT2D eigenvalue weighted by Crippen LogP contribution is -2.20. The van der Waals surface area contributed by atoms with Crippen LogP contribution in [0.1, 0.15) is 18.7 Å². The van der Waals surface area contributed by atoms with Gasteiger partial charge in [0.15, 0.2) is 0 Å². The molecule has 1 atom stereocenters. The lowest BCUT2D eigenvalue weighted by molar-refractivity contribution is -0.144. The van der Waals surface area contributed by atoms with E-state index in [-0.39, 0.29) is 0 Å². The van der Waals surface area contributed by atoms with Crippen LogP contribution < -0.4 is 10.6 Å². The van der Waals surface area contributed by atoms with E-state index in [2.05, 4.69) is 9.36 Å². The molecule has 0 bridgehead atoms. The van der Waals surface area contributed by atoms with Crippen molar-refractivity contribution >= 4 is 16.7 Å². The molecule has 2 rings (SSSR count). The average Bonchev–Trinajstić information content (AvgIpc) is 2.82. The van der Waals surface area contributed by atoms with Gasteiger partial charge in [-0.15, -0.1) is 0 Å². The maximum absolute atomic E-state index is 12.3. The molecule has 1 aliphatic heterocycles. The molecule has 8 heteroatoms. The Morgan fingerprint density at radius 2 is 2.24 bits per heavy atom. The molecule has 17 heavy (non-hydrogen) atoms. The lowest BCUT2D eigenvalue weighted by Gasteiger charge is -2.13. The normalized spacial score (nSPS) is 21.2. The molecule has 2 N–H and O–H groups in total. The van der Waals surface area contributed by atoms with Crippen LogP contribution in [0, 0.1) is 5.92 Å². The largest absolute Gasteiger partial charge is 0.452 e. The first-order chi connectivity index (χ1) is 8.00. The third-order valence-electron chi connectivity index (χ3n) is 2.80. The van der Waals surface area contributed by atoms with E-state index < -0.39 is 12.0 Å². The summed E-state index contributed by atoms with van der Waals surface area (Å²) in [5, 5.41) is 0.358. The number of nitrogens with two attached hydrogens (primary N) is 1. The number of rotatable bonds is 3. The second-order valence-corrected chi connectivity index (χ2v) is 4.81. The molecule has 0 radical (unpaired) electrons. The molecule has 1 aliphatic rings. The van der Waals surface area contributed by atoms with Crippen molar-refractivity contribution in [3.8, 4) is 0 Å². The number of alkyl halides is 3. The fourth-order valence-electron chi connectivity index (χ4n) is 1.94. The van der Waals surface area contributed by atoms with Gasteiger partial charge in [0.25, 0.3) is 0 Å². The minimum Gasteiger partial charge on any atom is -0.347 e. The highest BCUT2D eigenvalue weighted by Gasteiger charge is 2.37. The molecule has 1 aromatic heterocycles. The molecule has 1 saturated heterocycles. The van der Waals surface area contributed by atoms with Gasteiger partial charge in [-0.3, -0.25) is 0 Å². The number of anilines is 1. The van der Waals surface area contributed by atoms with Crippen LogP contribution in [-0.2, 0) is 6.18 Å². The fourth-order valence-corrected chi connectivity index (χ4v) is 2.66. The van der Waals surface area contributed by atoms with E-state index in [1.54, 1.807) is 0 Å². The third-order valence-corrected chi connectivity index (χ3v) is 3.58. The second-order valence-electron chi connectivity index (χ2n) is 4.08. The first kappa shape index (κ1) is 12.6. The van der Waals surface area contributed by atoms with Gasteiger partial charge in [0.2, 0.25) is 11.0 Å². The molecule has 0 aromatic carbocycles. The summed E-state index contributed by atoms with van der Waals surface area (Å²) in [6, 6.07) is 0. The van der Waals surface area contributed by atoms with E-state index in [1.165, 1.54) is 0 Å². The van der Waals surface area contributed by atoms with Crippen LogP contribution in [0.2, 0.25) is 0 Å². The van der Waals surface area contributed by atoms with Crippen molar-refractivity contribution in [3.63, 3.8) is 0 Å². The third kappa shape index (κ3) is 2.86. The van der Waals surface area contributed by atoms with Crippen LogP contribution in [-0.4, -0.2) is 29.0 Å². The van der Waals surface area contributed by atoms with Gasteiger partial charge in [-0.1, -0.05) is 0 Å². The van der Waals surface area contributed by atoms with Crippen molar-refractivity contribution in [3.05, 3.63) is 5.82 Å². The zero-order valence-electron chi connectivity index (χ0n) is 9.07. The van der Waals surface area contributed by atoms with Gasteiger partial charge in [-0.05, 0) is 25.3 Å². The summed E-state index contributed by atoms with van der Waals surface area (Å²) in [5.74, 6) is -0.585. The Morgan fingerprint density at radius 3 is 2.82 bits per heavy atom. The van der Waals surface area contributed by atoms with Gasteiger partial charge in [0, 0.05) is 24.6 Å². The van der Waals surface area contributed by atoms with Crippen molar-refractivity contribution in [2.24, 2.45) is 11.7 Å². The van der Waals surface area contributed by atoms with Crippen LogP contribution in [0.25, 0.3) is 0 Å². The number of hydrogen-bond acceptors (Lipinski definition) is 5. The Kier molecular flexibility index (Phi) is 3.53. The fraction of sp³-hybridized carbons (Fsp3) is 0.778. The quantitative estimate of drug-likeness (QED) is 0.905. The predicted octanol–water partition coefficient (Wildman–Crippen LogP) is 1.73. The standard InChI is InChI=1S/C9H13F3N4S/c10-9(11,12)7-14-8(17-15-7)16-4-2-6(5-16)1-3-13/h6H,1-5,13H2. The summed E-state index contributed by atoms with van der Waals surface area (Å²) >= 11 is 0.807. The number of hydrogen-bond donors (Lipinski definition) is 1. The molecule has 0 spiro atoms. The maximum atomic E-state index is 12.3. The number of aromatic nitrogens is 2. The highest BCUT2D eigenvalue weighted by molar-refractivity contribution is 7.09. The van der Waals surface area contributed by atoms with Crippen LogP contribution >= 0.6 is 11.5 Å². The van der Waals surface area contributed by atoms with E-state index in [0.29, 0.717) is 17.6 Å². The Balaban J connectivity index is 2.02. The van der Waals surface area contributed by atoms with Gasteiger partial charge in [-0.2, -0.15) is 22.5 Å². The van der Waals surface area contributed by atoms with Crippen LogP contribution in [0.5, 0.6) is 0 Å². The van der Waals surface area contributed by atoms with Gasteiger partial charge in [0.1, 0.15) is 0 Å². The Labute approximate surface area is 101 Å². The summed E-state index contributed by atoms with van der Waals surface area (Å²) in [7, 11) is 0. The molecule has 2 heterocycles. The van der Waals surface area contributed by atoms with E-state index in [4.69, 9.17) is 5.73 Å².